The Kier molecular flexibility index (Phi) is 2.40. The Morgan fingerprint density at radius 1 is 1.50 bits per heavy atom. The van der Waals surface area contributed by atoms with Crippen LogP contribution in [-0.2, 0) is 4.79 Å². The maximum Gasteiger partial charge on any atom is 0.255 e. The van der Waals surface area contributed by atoms with Gasteiger partial charge in [-0.1, -0.05) is 0 Å². The Morgan fingerprint density at radius 2 is 2.25 bits per heavy atom. The minimum absolute atomic E-state index is 0.466. The van der Waals surface area contributed by atoms with Crippen LogP contribution in [0, 0.1) is 0 Å². The largest absolute Gasteiger partial charge is 0.443 e. The van der Waals surface area contributed by atoms with E-state index in [2.05, 4.69) is 10.3 Å². The van der Waals surface area contributed by atoms with Crippen molar-refractivity contribution in [2.24, 2.45) is 0 Å². The number of carbonyl (C=O) groups is 1. The first-order valence-corrected chi connectivity index (χ1v) is 4.84. The van der Waals surface area contributed by atoms with Gasteiger partial charge in [0.1, 0.15) is 11.1 Å². The number of hydrogen-bond acceptors (Lipinski definition) is 4. The summed E-state index contributed by atoms with van der Waals surface area (Å²) in [4.78, 5) is 15.5. The van der Waals surface area contributed by atoms with Crippen LogP contribution in [0.25, 0.3) is 11.1 Å². The molecular weight excluding hydrogens is 208 g/mol. The summed E-state index contributed by atoms with van der Waals surface area (Å²) in [6.45, 7) is 2.85. The zero-order valence-corrected chi connectivity index (χ0v) is 9.02. The zero-order chi connectivity index (χ0) is 11.8. The first kappa shape index (κ1) is 10.6. The Balaban J connectivity index is 2.24. The number of nitrogens with one attached hydrogen (secondary N) is 1. The molecule has 16 heavy (non-hydrogen) atoms. The van der Waals surface area contributed by atoms with Gasteiger partial charge in [0.25, 0.3) is 5.91 Å². The van der Waals surface area contributed by atoms with Crippen molar-refractivity contribution >= 4 is 22.7 Å². The summed E-state index contributed by atoms with van der Waals surface area (Å²) in [6.07, 6.45) is 1.34. The number of aliphatic hydroxyl groups is 1. The molecule has 1 heterocycles. The highest BCUT2D eigenvalue weighted by Crippen LogP contribution is 2.18. The summed E-state index contributed by atoms with van der Waals surface area (Å²) in [5, 5.41) is 12.1. The van der Waals surface area contributed by atoms with Crippen molar-refractivity contribution in [3.8, 4) is 0 Å². The van der Waals surface area contributed by atoms with Gasteiger partial charge in [-0.2, -0.15) is 0 Å². The molecule has 5 nitrogen and oxygen atoms in total. The summed E-state index contributed by atoms with van der Waals surface area (Å²) in [5.74, 6) is -0.466. The number of anilines is 1. The molecule has 0 bridgehead atoms. The Morgan fingerprint density at radius 3 is 2.94 bits per heavy atom. The van der Waals surface area contributed by atoms with Gasteiger partial charge in [-0.15, -0.1) is 0 Å². The standard InChI is InChI=1S/C11H12N2O3/c1-11(2,15)10(14)13-7-3-4-8-9(5-7)16-6-12-8/h3-6,15H,1-2H3,(H,13,14). The van der Waals surface area contributed by atoms with Crippen LogP contribution in [0.15, 0.2) is 29.0 Å². The van der Waals surface area contributed by atoms with E-state index in [-0.39, 0.29) is 0 Å². The summed E-state index contributed by atoms with van der Waals surface area (Å²) < 4.78 is 5.10. The predicted molar refractivity (Wildman–Crippen MR) is 58.9 cm³/mol. The molecule has 2 aromatic rings. The van der Waals surface area contributed by atoms with E-state index in [1.807, 2.05) is 0 Å². The average Bonchev–Trinajstić information content (AvgIpc) is 2.63. The van der Waals surface area contributed by atoms with Crippen molar-refractivity contribution in [3.05, 3.63) is 24.6 Å². The van der Waals surface area contributed by atoms with E-state index in [0.717, 1.165) is 5.52 Å². The molecule has 1 aromatic carbocycles. The third-order valence-corrected chi connectivity index (χ3v) is 2.14. The monoisotopic (exact) mass is 220 g/mol. The van der Waals surface area contributed by atoms with Gasteiger partial charge < -0.3 is 14.8 Å². The molecule has 0 aliphatic rings. The van der Waals surface area contributed by atoms with Gasteiger partial charge in [0.2, 0.25) is 0 Å². The van der Waals surface area contributed by atoms with E-state index in [1.54, 1.807) is 18.2 Å². The molecular formula is C11H12N2O3. The molecule has 0 atom stereocenters. The van der Waals surface area contributed by atoms with Crippen molar-refractivity contribution in [1.29, 1.82) is 0 Å². The summed E-state index contributed by atoms with van der Waals surface area (Å²) in [7, 11) is 0. The van der Waals surface area contributed by atoms with E-state index < -0.39 is 11.5 Å². The highest BCUT2D eigenvalue weighted by molar-refractivity contribution is 5.97. The molecule has 2 N–H and O–H groups in total. The fourth-order valence-corrected chi connectivity index (χ4v) is 1.22. The Labute approximate surface area is 92.1 Å². The van der Waals surface area contributed by atoms with Gasteiger partial charge in [-0.05, 0) is 26.0 Å². The number of benzene rings is 1. The average molecular weight is 220 g/mol. The van der Waals surface area contributed by atoms with Crippen molar-refractivity contribution in [2.75, 3.05) is 5.32 Å². The van der Waals surface area contributed by atoms with Crippen molar-refractivity contribution < 1.29 is 14.3 Å². The molecule has 0 fully saturated rings. The lowest BCUT2D eigenvalue weighted by Crippen LogP contribution is -2.36. The number of amides is 1. The third-order valence-electron chi connectivity index (χ3n) is 2.14. The van der Waals surface area contributed by atoms with Gasteiger partial charge >= 0.3 is 0 Å². The second kappa shape index (κ2) is 3.61. The van der Waals surface area contributed by atoms with Gasteiger partial charge in [0.15, 0.2) is 12.0 Å². The number of oxazole rings is 1. The van der Waals surface area contributed by atoms with Crippen LogP contribution in [0.5, 0.6) is 0 Å². The van der Waals surface area contributed by atoms with Gasteiger partial charge in [0, 0.05) is 11.8 Å². The van der Waals surface area contributed by atoms with Crippen LogP contribution in [0.3, 0.4) is 0 Å². The summed E-state index contributed by atoms with van der Waals surface area (Å²) >= 11 is 0. The van der Waals surface area contributed by atoms with Crippen molar-refractivity contribution in [1.82, 2.24) is 4.98 Å². The SMILES string of the molecule is CC(C)(O)C(=O)Nc1ccc2ncoc2c1. The van der Waals surface area contributed by atoms with E-state index >= 15 is 0 Å². The summed E-state index contributed by atoms with van der Waals surface area (Å²) in [5.41, 5.74) is 0.474. The van der Waals surface area contributed by atoms with Crippen LogP contribution in [0.1, 0.15) is 13.8 Å². The van der Waals surface area contributed by atoms with E-state index in [1.165, 1.54) is 20.2 Å². The number of nitrogens with zero attached hydrogens (tertiary/aromatic N) is 1. The molecule has 0 spiro atoms. The van der Waals surface area contributed by atoms with E-state index in [0.29, 0.717) is 11.3 Å². The van der Waals surface area contributed by atoms with Gasteiger partial charge in [-0.3, -0.25) is 4.79 Å². The quantitative estimate of drug-likeness (QED) is 0.804. The minimum Gasteiger partial charge on any atom is -0.443 e. The molecule has 0 aliphatic carbocycles. The molecule has 1 amide bonds. The van der Waals surface area contributed by atoms with E-state index in [4.69, 9.17) is 4.42 Å². The molecule has 0 radical (unpaired) electrons. The lowest BCUT2D eigenvalue weighted by atomic mass is 10.1. The first-order valence-electron chi connectivity index (χ1n) is 4.84. The minimum atomic E-state index is -1.41. The van der Waals surface area contributed by atoms with Crippen LogP contribution in [0.4, 0.5) is 5.69 Å². The molecule has 0 saturated carbocycles. The van der Waals surface area contributed by atoms with Gasteiger partial charge in [0.05, 0.1) is 0 Å². The van der Waals surface area contributed by atoms with Crippen LogP contribution in [0.2, 0.25) is 0 Å². The fourth-order valence-electron chi connectivity index (χ4n) is 1.22. The summed E-state index contributed by atoms with van der Waals surface area (Å²) in [6, 6.07) is 5.10. The Hall–Kier alpha value is -1.88. The number of hydrogen-bond donors (Lipinski definition) is 2. The zero-order valence-electron chi connectivity index (χ0n) is 9.02. The van der Waals surface area contributed by atoms with E-state index in [9.17, 15) is 9.90 Å². The number of fused-ring (bicyclic) bond motifs is 1. The second-order valence-corrected chi connectivity index (χ2v) is 4.05. The van der Waals surface area contributed by atoms with Crippen LogP contribution < -0.4 is 5.32 Å². The third kappa shape index (κ3) is 2.04. The lowest BCUT2D eigenvalue weighted by molar-refractivity contribution is -0.130. The second-order valence-electron chi connectivity index (χ2n) is 4.05. The molecule has 84 valence electrons. The number of aromatic nitrogens is 1. The number of rotatable bonds is 2. The number of carbonyl (C=O) groups excluding carboxylic acids is 1. The maximum atomic E-state index is 11.5. The highest BCUT2D eigenvalue weighted by atomic mass is 16.3. The lowest BCUT2D eigenvalue weighted by Gasteiger charge is -2.16. The maximum absolute atomic E-state index is 11.5. The Bertz CT molecular complexity index is 525. The molecule has 0 aliphatic heterocycles. The van der Waals surface area contributed by atoms with Crippen LogP contribution >= 0.6 is 0 Å². The van der Waals surface area contributed by atoms with Crippen molar-refractivity contribution in [3.63, 3.8) is 0 Å². The molecule has 0 unspecified atom stereocenters. The highest BCUT2D eigenvalue weighted by Gasteiger charge is 2.23. The predicted octanol–water partition coefficient (Wildman–Crippen LogP) is 1.54. The molecule has 0 saturated heterocycles. The molecule has 1 aromatic heterocycles. The first-order chi connectivity index (χ1) is 7.47. The van der Waals surface area contributed by atoms with Crippen LogP contribution in [-0.4, -0.2) is 21.6 Å². The van der Waals surface area contributed by atoms with Crippen molar-refractivity contribution in [2.45, 2.75) is 19.4 Å². The molecule has 5 heteroatoms. The molecule has 2 rings (SSSR count). The normalized spacial score (nSPS) is 11.7. The van der Waals surface area contributed by atoms with Gasteiger partial charge in [-0.25, -0.2) is 4.98 Å². The topological polar surface area (TPSA) is 75.4 Å². The fraction of sp³-hybridized carbons (Fsp3) is 0.273. The smallest absolute Gasteiger partial charge is 0.255 e.